The molecule has 0 heterocycles. The number of fused-ring (bicyclic) bond motifs is 1. The van der Waals surface area contributed by atoms with E-state index in [9.17, 15) is 13.9 Å². The molecule has 0 atom stereocenters. The zero-order valence-corrected chi connectivity index (χ0v) is 17.4. The number of hydrogen-bond acceptors (Lipinski definition) is 1. The molecule has 0 saturated heterocycles. The van der Waals surface area contributed by atoms with Crippen molar-refractivity contribution in [1.82, 2.24) is 0 Å². The molecule has 2 rings (SSSR count). The molecule has 4 heteroatoms. The van der Waals surface area contributed by atoms with Gasteiger partial charge in [-0.1, -0.05) is 59.6 Å². The third-order valence-electron chi connectivity index (χ3n) is 5.51. The van der Waals surface area contributed by atoms with E-state index in [1.54, 1.807) is 6.07 Å². The molecule has 0 aromatic heterocycles. The van der Waals surface area contributed by atoms with Gasteiger partial charge >= 0.3 is 0 Å². The standard InChI is InChI=1S/C22H28F2OSi/c1-14(2)26(15(3)4,16(5)6)11-10-17-8-7-9-18-12-19(22(23)24)13-20(25)21(17)18/h7-9,12-16,22,25H,1-6H3. The van der Waals surface area contributed by atoms with E-state index in [4.69, 9.17) is 0 Å². The van der Waals surface area contributed by atoms with Crippen LogP contribution in [0.25, 0.3) is 10.8 Å². The van der Waals surface area contributed by atoms with Crippen molar-refractivity contribution in [3.8, 4) is 17.2 Å². The van der Waals surface area contributed by atoms with Crippen molar-refractivity contribution in [2.45, 2.75) is 64.6 Å². The maximum Gasteiger partial charge on any atom is 0.264 e. The number of rotatable bonds is 4. The zero-order chi connectivity index (χ0) is 19.6. The molecule has 26 heavy (non-hydrogen) atoms. The van der Waals surface area contributed by atoms with E-state index in [-0.39, 0.29) is 11.3 Å². The van der Waals surface area contributed by atoms with Gasteiger partial charge < -0.3 is 5.11 Å². The minimum absolute atomic E-state index is 0.131. The first-order chi connectivity index (χ1) is 12.1. The van der Waals surface area contributed by atoms with E-state index in [1.807, 2.05) is 12.1 Å². The Morgan fingerprint density at radius 3 is 2.00 bits per heavy atom. The Morgan fingerprint density at radius 1 is 0.923 bits per heavy atom. The van der Waals surface area contributed by atoms with E-state index in [1.165, 1.54) is 6.07 Å². The van der Waals surface area contributed by atoms with Crippen LogP contribution in [0.3, 0.4) is 0 Å². The number of aromatic hydroxyl groups is 1. The number of phenols is 1. The molecule has 0 spiro atoms. The van der Waals surface area contributed by atoms with Crippen molar-refractivity contribution in [3.05, 3.63) is 41.5 Å². The van der Waals surface area contributed by atoms with Gasteiger partial charge in [0.2, 0.25) is 0 Å². The molecule has 0 bridgehead atoms. The summed E-state index contributed by atoms with van der Waals surface area (Å²) in [6.45, 7) is 13.5. The Balaban J connectivity index is 2.68. The average Bonchev–Trinajstić information content (AvgIpc) is 2.53. The second kappa shape index (κ2) is 7.80. The largest absolute Gasteiger partial charge is 0.507 e. The van der Waals surface area contributed by atoms with Crippen LogP contribution in [0.5, 0.6) is 5.75 Å². The van der Waals surface area contributed by atoms with E-state index in [0.717, 1.165) is 6.07 Å². The summed E-state index contributed by atoms with van der Waals surface area (Å²) in [6.07, 6.45) is -2.61. The quantitative estimate of drug-likeness (QED) is 0.449. The number of alkyl halides is 2. The number of halogens is 2. The fourth-order valence-corrected chi connectivity index (χ4v) is 9.48. The van der Waals surface area contributed by atoms with Crippen molar-refractivity contribution in [3.63, 3.8) is 0 Å². The van der Waals surface area contributed by atoms with Crippen molar-refractivity contribution in [2.24, 2.45) is 0 Å². The molecule has 0 aliphatic rings. The summed E-state index contributed by atoms with van der Waals surface area (Å²) in [7, 11) is -1.91. The second-order valence-electron chi connectivity index (χ2n) is 7.89. The van der Waals surface area contributed by atoms with Crippen molar-refractivity contribution in [2.75, 3.05) is 0 Å². The molecular formula is C22H28F2OSi. The highest BCUT2D eigenvalue weighted by atomic mass is 28.3. The van der Waals surface area contributed by atoms with Crippen LogP contribution in [-0.4, -0.2) is 13.2 Å². The topological polar surface area (TPSA) is 20.2 Å². The molecule has 0 saturated carbocycles. The lowest BCUT2D eigenvalue weighted by molar-refractivity contribution is 0.151. The highest BCUT2D eigenvalue weighted by Gasteiger charge is 2.41. The lowest BCUT2D eigenvalue weighted by Gasteiger charge is -2.38. The Labute approximate surface area is 156 Å². The molecule has 0 radical (unpaired) electrons. The summed E-state index contributed by atoms with van der Waals surface area (Å²) < 4.78 is 26.0. The van der Waals surface area contributed by atoms with Crippen molar-refractivity contribution >= 4 is 18.8 Å². The first-order valence-corrected chi connectivity index (χ1v) is 11.4. The van der Waals surface area contributed by atoms with Crippen LogP contribution in [0.4, 0.5) is 8.78 Å². The SMILES string of the molecule is CC(C)[Si](C#Cc1cccc2cc(C(F)F)cc(O)c12)(C(C)C)C(C)C. The monoisotopic (exact) mass is 374 g/mol. The highest BCUT2D eigenvalue weighted by Crippen LogP contribution is 2.41. The summed E-state index contributed by atoms with van der Waals surface area (Å²) in [5.41, 5.74) is 5.68. The Hall–Kier alpha value is -1.86. The minimum Gasteiger partial charge on any atom is -0.507 e. The van der Waals surface area contributed by atoms with E-state index >= 15 is 0 Å². The molecule has 0 aliphatic heterocycles. The molecule has 0 aliphatic carbocycles. The summed E-state index contributed by atoms with van der Waals surface area (Å²) in [4.78, 5) is 0. The predicted octanol–water partition coefficient (Wildman–Crippen LogP) is 7.05. The highest BCUT2D eigenvalue weighted by molar-refractivity contribution is 6.90. The summed E-state index contributed by atoms with van der Waals surface area (Å²) in [5, 5.41) is 11.5. The van der Waals surface area contributed by atoms with Gasteiger partial charge in [-0.15, -0.1) is 5.54 Å². The average molecular weight is 375 g/mol. The van der Waals surface area contributed by atoms with E-state index < -0.39 is 14.5 Å². The normalized spacial score (nSPS) is 12.3. The molecule has 2 aromatic rings. The van der Waals surface area contributed by atoms with Crippen LogP contribution < -0.4 is 0 Å². The number of hydrogen-bond donors (Lipinski definition) is 1. The fourth-order valence-electron chi connectivity index (χ4n) is 4.27. The van der Waals surface area contributed by atoms with Gasteiger partial charge in [0.05, 0.1) is 0 Å². The third-order valence-corrected chi connectivity index (χ3v) is 11.8. The summed E-state index contributed by atoms with van der Waals surface area (Å²) >= 11 is 0. The molecule has 0 unspecified atom stereocenters. The van der Waals surface area contributed by atoms with Crippen LogP contribution in [0.15, 0.2) is 30.3 Å². The van der Waals surface area contributed by atoms with Gasteiger partial charge in [-0.05, 0) is 40.2 Å². The molecule has 0 fully saturated rings. The van der Waals surface area contributed by atoms with Gasteiger partial charge in [-0.25, -0.2) is 8.78 Å². The maximum absolute atomic E-state index is 13.0. The Bertz CT molecular complexity index is 823. The fraction of sp³-hybridized carbons (Fsp3) is 0.455. The number of phenolic OH excluding ortho intramolecular Hbond substituents is 1. The number of benzene rings is 2. The first kappa shape index (κ1) is 20.4. The van der Waals surface area contributed by atoms with Crippen LogP contribution in [0.2, 0.25) is 16.6 Å². The molecule has 1 N–H and O–H groups in total. The lowest BCUT2D eigenvalue weighted by atomic mass is 10.0. The van der Waals surface area contributed by atoms with Crippen LogP contribution in [0.1, 0.15) is 59.1 Å². The van der Waals surface area contributed by atoms with E-state index in [0.29, 0.717) is 33.0 Å². The molecule has 140 valence electrons. The molecule has 1 nitrogen and oxygen atoms in total. The van der Waals surface area contributed by atoms with Gasteiger partial charge in [0.15, 0.2) is 0 Å². The molecular weight excluding hydrogens is 346 g/mol. The second-order valence-corrected chi connectivity index (χ2v) is 13.5. The van der Waals surface area contributed by atoms with Crippen molar-refractivity contribution in [1.29, 1.82) is 0 Å². The first-order valence-electron chi connectivity index (χ1n) is 9.18. The van der Waals surface area contributed by atoms with Crippen LogP contribution in [0, 0.1) is 11.5 Å². The van der Waals surface area contributed by atoms with E-state index in [2.05, 4.69) is 53.0 Å². The Morgan fingerprint density at radius 2 is 1.50 bits per heavy atom. The van der Waals surface area contributed by atoms with Gasteiger partial charge in [0.1, 0.15) is 13.8 Å². The Kier molecular flexibility index (Phi) is 6.13. The minimum atomic E-state index is -2.61. The molecule has 0 amide bonds. The summed E-state index contributed by atoms with van der Waals surface area (Å²) in [5.74, 6) is 3.20. The van der Waals surface area contributed by atoms with Crippen LogP contribution in [-0.2, 0) is 0 Å². The van der Waals surface area contributed by atoms with Crippen LogP contribution >= 0.6 is 0 Å². The van der Waals surface area contributed by atoms with Gasteiger partial charge in [-0.2, -0.15) is 0 Å². The third kappa shape index (κ3) is 3.64. The molecule has 2 aromatic carbocycles. The summed E-state index contributed by atoms with van der Waals surface area (Å²) in [6, 6.07) is 7.99. The maximum atomic E-state index is 13.0. The predicted molar refractivity (Wildman–Crippen MR) is 108 cm³/mol. The smallest absolute Gasteiger partial charge is 0.264 e. The van der Waals surface area contributed by atoms with Gasteiger partial charge in [0.25, 0.3) is 6.43 Å². The van der Waals surface area contributed by atoms with Gasteiger partial charge in [0, 0.05) is 16.5 Å². The lowest BCUT2D eigenvalue weighted by Crippen LogP contribution is -2.43. The zero-order valence-electron chi connectivity index (χ0n) is 16.4. The van der Waals surface area contributed by atoms with Crippen molar-refractivity contribution < 1.29 is 13.9 Å². The van der Waals surface area contributed by atoms with Gasteiger partial charge in [-0.3, -0.25) is 0 Å².